The summed E-state index contributed by atoms with van der Waals surface area (Å²) in [6.45, 7) is 4.58. The summed E-state index contributed by atoms with van der Waals surface area (Å²) in [7, 11) is -1.90. The van der Waals surface area contributed by atoms with E-state index in [0.29, 0.717) is 18.2 Å². The molecule has 0 aromatic heterocycles. The number of benzene rings is 1. The van der Waals surface area contributed by atoms with Crippen molar-refractivity contribution < 1.29 is 17.5 Å². The molecule has 0 aliphatic rings. The van der Waals surface area contributed by atoms with Crippen molar-refractivity contribution in [3.05, 3.63) is 24.0 Å². The normalized spacial score (nSPS) is 13.3. The van der Waals surface area contributed by atoms with E-state index in [0.717, 1.165) is 6.26 Å². The van der Waals surface area contributed by atoms with E-state index in [-0.39, 0.29) is 11.7 Å². The van der Waals surface area contributed by atoms with E-state index in [1.807, 2.05) is 13.8 Å². The average Bonchev–Trinajstić information content (AvgIpc) is 2.31. The molecular formula is C13H21FN2O3S. The number of halogens is 1. The molecular weight excluding hydrogens is 283 g/mol. The van der Waals surface area contributed by atoms with Crippen LogP contribution in [0.1, 0.15) is 13.8 Å². The van der Waals surface area contributed by atoms with Gasteiger partial charge in [-0.2, -0.15) is 0 Å². The van der Waals surface area contributed by atoms with Crippen LogP contribution in [0, 0.1) is 11.7 Å². The average molecular weight is 304 g/mol. The number of sulfonamides is 1. The van der Waals surface area contributed by atoms with Crippen molar-refractivity contribution in [2.24, 2.45) is 5.92 Å². The highest BCUT2D eigenvalue weighted by Crippen LogP contribution is 2.22. The molecule has 0 saturated heterocycles. The van der Waals surface area contributed by atoms with Gasteiger partial charge in [0.25, 0.3) is 0 Å². The van der Waals surface area contributed by atoms with Crippen LogP contribution in [-0.4, -0.2) is 34.4 Å². The van der Waals surface area contributed by atoms with Gasteiger partial charge in [0.15, 0.2) is 0 Å². The summed E-state index contributed by atoms with van der Waals surface area (Å²) in [6.07, 6.45) is 0.981. The van der Waals surface area contributed by atoms with Crippen molar-refractivity contribution >= 4 is 21.4 Å². The molecule has 0 fully saturated rings. The summed E-state index contributed by atoms with van der Waals surface area (Å²) >= 11 is 0. The Morgan fingerprint density at radius 2 is 2.00 bits per heavy atom. The Hall–Kier alpha value is -1.34. The van der Waals surface area contributed by atoms with Crippen LogP contribution in [0.15, 0.2) is 18.2 Å². The van der Waals surface area contributed by atoms with Gasteiger partial charge >= 0.3 is 0 Å². The maximum absolute atomic E-state index is 13.6. The van der Waals surface area contributed by atoms with Gasteiger partial charge < -0.3 is 10.1 Å². The summed E-state index contributed by atoms with van der Waals surface area (Å²) in [4.78, 5) is 0. The number of methoxy groups -OCH3 is 1. The Morgan fingerprint density at radius 3 is 2.50 bits per heavy atom. The van der Waals surface area contributed by atoms with Gasteiger partial charge in [0.05, 0.1) is 24.6 Å². The van der Waals surface area contributed by atoms with Crippen molar-refractivity contribution in [3.63, 3.8) is 0 Å². The van der Waals surface area contributed by atoms with Crippen LogP contribution < -0.4 is 10.0 Å². The molecule has 0 spiro atoms. The first-order valence-corrected chi connectivity index (χ1v) is 8.15. The molecule has 1 atom stereocenters. The number of anilines is 2. The van der Waals surface area contributed by atoms with Gasteiger partial charge in [-0.15, -0.1) is 0 Å². The Balaban J connectivity index is 2.94. The standard InChI is InChI=1S/C13H21FN2O3S/c1-9(2)13(8-19-3)15-10-5-6-11(14)12(7-10)16-20(4,17)18/h5-7,9,13,15-16H,8H2,1-4H3. The predicted octanol–water partition coefficient (Wildman–Crippen LogP) is 2.28. The summed E-state index contributed by atoms with van der Waals surface area (Å²) in [5.74, 6) is -0.305. The Labute approximate surface area is 119 Å². The van der Waals surface area contributed by atoms with E-state index in [1.165, 1.54) is 12.1 Å². The number of hydrogen-bond donors (Lipinski definition) is 2. The van der Waals surface area contributed by atoms with E-state index < -0.39 is 15.8 Å². The highest BCUT2D eigenvalue weighted by atomic mass is 32.2. The molecule has 1 unspecified atom stereocenters. The van der Waals surface area contributed by atoms with Gasteiger partial charge in [-0.1, -0.05) is 13.8 Å². The van der Waals surface area contributed by atoms with Crippen LogP contribution >= 0.6 is 0 Å². The fraction of sp³-hybridized carbons (Fsp3) is 0.538. The van der Waals surface area contributed by atoms with E-state index in [1.54, 1.807) is 13.2 Å². The van der Waals surface area contributed by atoms with E-state index in [9.17, 15) is 12.8 Å². The van der Waals surface area contributed by atoms with Crippen molar-refractivity contribution in [1.29, 1.82) is 0 Å². The van der Waals surface area contributed by atoms with Crippen molar-refractivity contribution in [1.82, 2.24) is 0 Å². The minimum absolute atomic E-state index is 0.0524. The summed E-state index contributed by atoms with van der Waals surface area (Å²) in [5, 5.41) is 3.21. The first-order valence-electron chi connectivity index (χ1n) is 6.25. The third kappa shape index (κ3) is 5.34. The molecule has 0 saturated carbocycles. The second-order valence-electron chi connectivity index (χ2n) is 5.02. The Bertz CT molecular complexity index is 547. The maximum atomic E-state index is 13.6. The van der Waals surface area contributed by atoms with Crippen molar-refractivity contribution in [2.45, 2.75) is 19.9 Å². The molecule has 0 bridgehead atoms. The quantitative estimate of drug-likeness (QED) is 0.811. The maximum Gasteiger partial charge on any atom is 0.229 e. The fourth-order valence-corrected chi connectivity index (χ4v) is 2.24. The second-order valence-corrected chi connectivity index (χ2v) is 6.77. The second kappa shape index (κ2) is 6.90. The van der Waals surface area contributed by atoms with Crippen LogP contribution in [0.3, 0.4) is 0 Å². The molecule has 1 aromatic rings. The first-order chi connectivity index (χ1) is 9.23. The monoisotopic (exact) mass is 304 g/mol. The third-order valence-corrected chi connectivity index (χ3v) is 3.36. The topological polar surface area (TPSA) is 67.4 Å². The molecule has 20 heavy (non-hydrogen) atoms. The van der Waals surface area contributed by atoms with Crippen LogP contribution in [0.5, 0.6) is 0 Å². The highest BCUT2D eigenvalue weighted by Gasteiger charge is 2.14. The highest BCUT2D eigenvalue weighted by molar-refractivity contribution is 7.92. The zero-order valence-corrected chi connectivity index (χ0v) is 12.9. The summed E-state index contributed by atoms with van der Waals surface area (Å²) in [5.41, 5.74) is 0.561. The molecule has 0 amide bonds. The molecule has 0 aliphatic carbocycles. The molecule has 1 aromatic carbocycles. The lowest BCUT2D eigenvalue weighted by atomic mass is 10.0. The molecule has 0 radical (unpaired) electrons. The molecule has 2 N–H and O–H groups in total. The molecule has 5 nitrogen and oxygen atoms in total. The van der Waals surface area contributed by atoms with Crippen LogP contribution in [0.2, 0.25) is 0 Å². The molecule has 114 valence electrons. The van der Waals surface area contributed by atoms with Crippen molar-refractivity contribution in [2.75, 3.05) is 30.0 Å². The van der Waals surface area contributed by atoms with Gasteiger partial charge in [-0.05, 0) is 24.1 Å². The van der Waals surface area contributed by atoms with Crippen LogP contribution in [0.4, 0.5) is 15.8 Å². The number of ether oxygens (including phenoxy) is 1. The summed E-state index contributed by atoms with van der Waals surface area (Å²) in [6, 6.07) is 4.27. The Kier molecular flexibility index (Phi) is 5.76. The molecule has 0 aliphatic heterocycles. The summed E-state index contributed by atoms with van der Waals surface area (Å²) < 4.78 is 43.2. The van der Waals surface area contributed by atoms with Crippen LogP contribution in [-0.2, 0) is 14.8 Å². The van der Waals surface area contributed by atoms with E-state index >= 15 is 0 Å². The van der Waals surface area contributed by atoms with E-state index in [4.69, 9.17) is 4.74 Å². The van der Waals surface area contributed by atoms with Crippen molar-refractivity contribution in [3.8, 4) is 0 Å². The number of rotatable bonds is 7. The van der Waals surface area contributed by atoms with Gasteiger partial charge in [-0.25, -0.2) is 12.8 Å². The van der Waals surface area contributed by atoms with Gasteiger partial charge in [0, 0.05) is 12.8 Å². The van der Waals surface area contributed by atoms with Gasteiger partial charge in [0.2, 0.25) is 10.0 Å². The lowest BCUT2D eigenvalue weighted by Crippen LogP contribution is -2.30. The first kappa shape index (κ1) is 16.7. The zero-order valence-electron chi connectivity index (χ0n) is 12.1. The number of nitrogens with one attached hydrogen (secondary N) is 2. The van der Waals surface area contributed by atoms with Gasteiger partial charge in [0.1, 0.15) is 5.82 Å². The zero-order chi connectivity index (χ0) is 15.3. The minimum atomic E-state index is -3.51. The molecule has 0 heterocycles. The minimum Gasteiger partial charge on any atom is -0.383 e. The SMILES string of the molecule is COCC(Nc1ccc(F)c(NS(C)(=O)=O)c1)C(C)C. The molecule has 1 rings (SSSR count). The van der Waals surface area contributed by atoms with E-state index in [2.05, 4.69) is 10.0 Å². The predicted molar refractivity (Wildman–Crippen MR) is 79.0 cm³/mol. The molecule has 7 heteroatoms. The van der Waals surface area contributed by atoms with Gasteiger partial charge in [-0.3, -0.25) is 4.72 Å². The fourth-order valence-electron chi connectivity index (χ4n) is 1.69. The lowest BCUT2D eigenvalue weighted by Gasteiger charge is -2.23. The lowest BCUT2D eigenvalue weighted by molar-refractivity contribution is 0.171. The largest absolute Gasteiger partial charge is 0.383 e. The smallest absolute Gasteiger partial charge is 0.229 e. The Morgan fingerprint density at radius 1 is 1.35 bits per heavy atom. The van der Waals surface area contributed by atoms with Crippen LogP contribution in [0.25, 0.3) is 0 Å². The number of hydrogen-bond acceptors (Lipinski definition) is 4. The third-order valence-electron chi connectivity index (χ3n) is 2.76.